The highest BCUT2D eigenvalue weighted by atomic mass is 16.5. The van der Waals surface area contributed by atoms with E-state index < -0.39 is 0 Å². The van der Waals surface area contributed by atoms with Crippen molar-refractivity contribution < 1.29 is 4.74 Å². The number of methoxy groups -OCH3 is 1. The Bertz CT molecular complexity index is 173. The minimum atomic E-state index is 0.515. The fraction of sp³-hybridized carbons (Fsp3) is 1.00. The van der Waals surface area contributed by atoms with E-state index in [2.05, 4.69) is 12.2 Å². The van der Waals surface area contributed by atoms with Crippen LogP contribution < -0.4 is 5.32 Å². The average molecular weight is 183 g/mol. The first-order valence-electron chi connectivity index (χ1n) is 5.49. The van der Waals surface area contributed by atoms with Crippen LogP contribution in [-0.4, -0.2) is 26.3 Å². The third kappa shape index (κ3) is 2.23. The normalized spacial score (nSPS) is 27.2. The quantitative estimate of drug-likeness (QED) is 0.678. The minimum absolute atomic E-state index is 0.515. The summed E-state index contributed by atoms with van der Waals surface area (Å²) in [4.78, 5) is 0. The highest BCUT2D eigenvalue weighted by molar-refractivity contribution is 5.05. The van der Waals surface area contributed by atoms with Gasteiger partial charge in [0.15, 0.2) is 0 Å². The van der Waals surface area contributed by atoms with Crippen LogP contribution in [0.15, 0.2) is 0 Å². The lowest BCUT2D eigenvalue weighted by Crippen LogP contribution is -2.35. The zero-order valence-corrected chi connectivity index (χ0v) is 8.81. The van der Waals surface area contributed by atoms with E-state index in [4.69, 9.17) is 4.74 Å². The molecule has 0 bridgehead atoms. The van der Waals surface area contributed by atoms with Gasteiger partial charge in [0, 0.05) is 19.7 Å². The third-order valence-corrected chi connectivity index (χ3v) is 3.55. The van der Waals surface area contributed by atoms with Crippen LogP contribution in [0.5, 0.6) is 0 Å². The fourth-order valence-corrected chi connectivity index (χ4v) is 2.27. The third-order valence-electron chi connectivity index (χ3n) is 3.55. The van der Waals surface area contributed by atoms with Gasteiger partial charge in [-0.1, -0.05) is 0 Å². The van der Waals surface area contributed by atoms with Crippen molar-refractivity contribution in [2.75, 3.05) is 20.3 Å². The summed E-state index contributed by atoms with van der Waals surface area (Å²) in [5.74, 6) is 1.06. The van der Waals surface area contributed by atoms with E-state index in [0.717, 1.165) is 17.9 Å². The molecule has 0 aromatic carbocycles. The van der Waals surface area contributed by atoms with Gasteiger partial charge in [-0.05, 0) is 43.9 Å². The molecule has 0 saturated heterocycles. The molecule has 13 heavy (non-hydrogen) atoms. The molecule has 2 saturated carbocycles. The largest absolute Gasteiger partial charge is 0.383 e. The van der Waals surface area contributed by atoms with Crippen molar-refractivity contribution >= 4 is 0 Å². The summed E-state index contributed by atoms with van der Waals surface area (Å²) in [5, 5.41) is 3.58. The summed E-state index contributed by atoms with van der Waals surface area (Å²) < 4.78 is 5.10. The SMILES string of the molecule is COCC(C)NCC1(C2CC2)CC1. The maximum atomic E-state index is 5.10. The van der Waals surface area contributed by atoms with Crippen molar-refractivity contribution in [3.8, 4) is 0 Å². The average Bonchev–Trinajstić information content (AvgIpc) is 2.95. The number of hydrogen-bond donors (Lipinski definition) is 1. The van der Waals surface area contributed by atoms with Crippen LogP contribution >= 0.6 is 0 Å². The van der Waals surface area contributed by atoms with Crippen LogP contribution in [0, 0.1) is 11.3 Å². The predicted molar refractivity (Wildman–Crippen MR) is 53.7 cm³/mol. The Hall–Kier alpha value is -0.0800. The fourth-order valence-electron chi connectivity index (χ4n) is 2.27. The Morgan fingerprint density at radius 1 is 1.46 bits per heavy atom. The van der Waals surface area contributed by atoms with E-state index in [0.29, 0.717) is 6.04 Å². The van der Waals surface area contributed by atoms with Crippen molar-refractivity contribution in [1.82, 2.24) is 5.32 Å². The molecule has 1 N–H and O–H groups in total. The smallest absolute Gasteiger partial charge is 0.0613 e. The van der Waals surface area contributed by atoms with Gasteiger partial charge in [0.2, 0.25) is 0 Å². The molecule has 0 aliphatic heterocycles. The summed E-state index contributed by atoms with van der Waals surface area (Å²) in [6.45, 7) is 4.26. The summed E-state index contributed by atoms with van der Waals surface area (Å²) in [7, 11) is 1.77. The van der Waals surface area contributed by atoms with Crippen LogP contribution in [0.1, 0.15) is 32.6 Å². The van der Waals surface area contributed by atoms with Crippen LogP contribution in [-0.2, 0) is 4.74 Å². The monoisotopic (exact) mass is 183 g/mol. The lowest BCUT2D eigenvalue weighted by atomic mass is 10.0. The Balaban J connectivity index is 1.66. The molecule has 76 valence electrons. The van der Waals surface area contributed by atoms with Crippen LogP contribution in [0.2, 0.25) is 0 Å². The van der Waals surface area contributed by atoms with Crippen molar-refractivity contribution in [3.05, 3.63) is 0 Å². The van der Waals surface area contributed by atoms with Gasteiger partial charge in [-0.3, -0.25) is 0 Å². The molecule has 0 aromatic rings. The molecule has 0 radical (unpaired) electrons. The first-order chi connectivity index (χ1) is 6.27. The van der Waals surface area contributed by atoms with Crippen molar-refractivity contribution in [2.24, 2.45) is 11.3 Å². The highest BCUT2D eigenvalue weighted by Crippen LogP contribution is 2.60. The van der Waals surface area contributed by atoms with Crippen molar-refractivity contribution in [2.45, 2.75) is 38.6 Å². The first kappa shape index (κ1) is 9.47. The van der Waals surface area contributed by atoms with Crippen LogP contribution in [0.25, 0.3) is 0 Å². The van der Waals surface area contributed by atoms with Gasteiger partial charge >= 0.3 is 0 Å². The number of ether oxygens (including phenoxy) is 1. The van der Waals surface area contributed by atoms with Gasteiger partial charge in [0.1, 0.15) is 0 Å². The highest BCUT2D eigenvalue weighted by Gasteiger charge is 2.53. The molecule has 2 fully saturated rings. The first-order valence-corrected chi connectivity index (χ1v) is 5.49. The molecule has 0 heterocycles. The maximum Gasteiger partial charge on any atom is 0.0613 e. The standard InChI is InChI=1S/C11H21NO/c1-9(7-13-2)12-8-11(5-6-11)10-3-4-10/h9-10,12H,3-8H2,1-2H3. The molecular formula is C11H21NO. The lowest BCUT2D eigenvalue weighted by Gasteiger charge is -2.19. The molecule has 0 amide bonds. The molecule has 0 spiro atoms. The topological polar surface area (TPSA) is 21.3 Å². The predicted octanol–water partition coefficient (Wildman–Crippen LogP) is 1.80. The van der Waals surface area contributed by atoms with Gasteiger partial charge in [-0.15, -0.1) is 0 Å². The van der Waals surface area contributed by atoms with Gasteiger partial charge in [-0.2, -0.15) is 0 Å². The van der Waals surface area contributed by atoms with E-state index in [9.17, 15) is 0 Å². The van der Waals surface area contributed by atoms with Crippen LogP contribution in [0.4, 0.5) is 0 Å². The van der Waals surface area contributed by atoms with Gasteiger partial charge in [0.05, 0.1) is 6.61 Å². The van der Waals surface area contributed by atoms with Gasteiger partial charge in [0.25, 0.3) is 0 Å². The van der Waals surface area contributed by atoms with E-state index in [-0.39, 0.29) is 0 Å². The van der Waals surface area contributed by atoms with E-state index in [1.54, 1.807) is 7.11 Å². The summed E-state index contributed by atoms with van der Waals surface area (Å²) in [6, 6.07) is 0.515. The Morgan fingerprint density at radius 3 is 2.62 bits per heavy atom. The summed E-state index contributed by atoms with van der Waals surface area (Å²) in [5.41, 5.74) is 0.724. The summed E-state index contributed by atoms with van der Waals surface area (Å²) >= 11 is 0. The van der Waals surface area contributed by atoms with Crippen molar-refractivity contribution in [1.29, 1.82) is 0 Å². The Kier molecular flexibility index (Phi) is 2.61. The van der Waals surface area contributed by atoms with Gasteiger partial charge in [-0.25, -0.2) is 0 Å². The molecule has 2 aliphatic carbocycles. The maximum absolute atomic E-state index is 5.10. The zero-order chi connectivity index (χ0) is 9.31. The molecular weight excluding hydrogens is 162 g/mol. The molecule has 1 unspecified atom stereocenters. The molecule has 2 nitrogen and oxygen atoms in total. The summed E-state index contributed by atoms with van der Waals surface area (Å²) in [6.07, 6.45) is 5.90. The second-order valence-electron chi connectivity index (χ2n) is 4.87. The second-order valence-corrected chi connectivity index (χ2v) is 4.87. The molecule has 0 aromatic heterocycles. The Labute approximate surface area is 81.0 Å². The van der Waals surface area contributed by atoms with Gasteiger partial charge < -0.3 is 10.1 Å². The van der Waals surface area contributed by atoms with E-state index >= 15 is 0 Å². The van der Waals surface area contributed by atoms with E-state index in [1.807, 2.05) is 0 Å². The minimum Gasteiger partial charge on any atom is -0.383 e. The molecule has 1 atom stereocenters. The van der Waals surface area contributed by atoms with E-state index in [1.165, 1.54) is 32.2 Å². The van der Waals surface area contributed by atoms with Crippen molar-refractivity contribution in [3.63, 3.8) is 0 Å². The number of nitrogens with one attached hydrogen (secondary N) is 1. The molecule has 2 rings (SSSR count). The lowest BCUT2D eigenvalue weighted by molar-refractivity contribution is 0.168. The Morgan fingerprint density at radius 2 is 2.15 bits per heavy atom. The second kappa shape index (κ2) is 3.58. The molecule has 2 aliphatic rings. The number of rotatable bonds is 6. The molecule has 2 heteroatoms. The van der Waals surface area contributed by atoms with Crippen LogP contribution in [0.3, 0.4) is 0 Å². The number of hydrogen-bond acceptors (Lipinski definition) is 2. The zero-order valence-electron chi connectivity index (χ0n) is 8.81.